The van der Waals surface area contributed by atoms with E-state index >= 15 is 0 Å². The standard InChI is InChI=1S/C10H7ClIN3O/c11-8-5-9(15-10(13)14-8)16-7-3-1-6(12)2-4-7/h1-5H,(H2,13,14,15). The summed E-state index contributed by atoms with van der Waals surface area (Å²) in [5, 5.41) is 0.257. The van der Waals surface area contributed by atoms with Gasteiger partial charge in [-0.1, -0.05) is 11.6 Å². The summed E-state index contributed by atoms with van der Waals surface area (Å²) in [5.74, 6) is 1.10. The maximum Gasteiger partial charge on any atom is 0.225 e. The van der Waals surface area contributed by atoms with Crippen LogP contribution in [0.2, 0.25) is 5.15 Å². The van der Waals surface area contributed by atoms with Crippen LogP contribution in [0, 0.1) is 3.57 Å². The van der Waals surface area contributed by atoms with E-state index in [4.69, 9.17) is 22.1 Å². The first kappa shape index (κ1) is 11.4. The Bertz CT molecular complexity index is 484. The van der Waals surface area contributed by atoms with Crippen LogP contribution < -0.4 is 10.5 Å². The van der Waals surface area contributed by atoms with Crippen molar-refractivity contribution in [3.05, 3.63) is 39.1 Å². The summed E-state index contributed by atoms with van der Waals surface area (Å²) in [6, 6.07) is 9.06. The number of halogens is 2. The molecule has 2 N–H and O–H groups in total. The summed E-state index contributed by atoms with van der Waals surface area (Å²) < 4.78 is 6.61. The average molecular weight is 348 g/mol. The second kappa shape index (κ2) is 4.84. The van der Waals surface area contributed by atoms with Crippen molar-refractivity contribution in [2.24, 2.45) is 0 Å². The topological polar surface area (TPSA) is 61.0 Å². The van der Waals surface area contributed by atoms with Gasteiger partial charge in [-0.3, -0.25) is 0 Å². The minimum atomic E-state index is 0.0908. The van der Waals surface area contributed by atoms with Crippen LogP contribution in [-0.4, -0.2) is 9.97 Å². The minimum Gasteiger partial charge on any atom is -0.439 e. The number of ether oxygens (including phenoxy) is 1. The lowest BCUT2D eigenvalue weighted by Crippen LogP contribution is -1.97. The Labute approximate surface area is 111 Å². The van der Waals surface area contributed by atoms with Crippen molar-refractivity contribution in [2.75, 3.05) is 5.73 Å². The van der Waals surface area contributed by atoms with Gasteiger partial charge in [0.2, 0.25) is 11.8 Å². The Kier molecular flexibility index (Phi) is 3.45. The molecule has 0 amide bonds. The van der Waals surface area contributed by atoms with E-state index in [1.54, 1.807) is 0 Å². The third-order valence-corrected chi connectivity index (χ3v) is 2.64. The van der Waals surface area contributed by atoms with Crippen molar-refractivity contribution < 1.29 is 4.74 Å². The van der Waals surface area contributed by atoms with Crippen molar-refractivity contribution in [1.82, 2.24) is 9.97 Å². The minimum absolute atomic E-state index is 0.0908. The zero-order valence-electron chi connectivity index (χ0n) is 8.02. The molecule has 0 unspecified atom stereocenters. The fourth-order valence-corrected chi connectivity index (χ4v) is 1.63. The Morgan fingerprint density at radius 3 is 2.50 bits per heavy atom. The largest absolute Gasteiger partial charge is 0.439 e. The van der Waals surface area contributed by atoms with Crippen LogP contribution in [-0.2, 0) is 0 Å². The highest BCUT2D eigenvalue weighted by atomic mass is 127. The van der Waals surface area contributed by atoms with E-state index in [1.165, 1.54) is 6.07 Å². The van der Waals surface area contributed by atoms with Crippen molar-refractivity contribution in [3.8, 4) is 11.6 Å². The molecule has 0 fully saturated rings. The zero-order valence-corrected chi connectivity index (χ0v) is 10.9. The molecular weight excluding hydrogens is 340 g/mol. The number of nitrogens with zero attached hydrogens (tertiary/aromatic N) is 2. The lowest BCUT2D eigenvalue weighted by molar-refractivity contribution is 0.462. The molecule has 0 spiro atoms. The van der Waals surface area contributed by atoms with E-state index in [-0.39, 0.29) is 11.1 Å². The van der Waals surface area contributed by atoms with Crippen LogP contribution in [0.4, 0.5) is 5.95 Å². The van der Waals surface area contributed by atoms with Gasteiger partial charge in [0.1, 0.15) is 10.9 Å². The molecule has 0 aliphatic carbocycles. The molecule has 0 aliphatic rings. The number of rotatable bonds is 2. The van der Waals surface area contributed by atoms with Gasteiger partial charge in [-0.2, -0.15) is 4.98 Å². The van der Waals surface area contributed by atoms with Gasteiger partial charge in [-0.25, -0.2) is 4.98 Å². The molecule has 0 radical (unpaired) electrons. The Morgan fingerprint density at radius 2 is 1.88 bits per heavy atom. The third-order valence-electron chi connectivity index (χ3n) is 1.72. The maximum atomic E-state index is 5.73. The van der Waals surface area contributed by atoms with Gasteiger partial charge in [0.05, 0.1) is 0 Å². The summed E-state index contributed by atoms with van der Waals surface area (Å²) >= 11 is 7.95. The predicted molar refractivity (Wildman–Crippen MR) is 70.7 cm³/mol. The molecule has 0 bridgehead atoms. The molecule has 82 valence electrons. The second-order valence-electron chi connectivity index (χ2n) is 2.94. The van der Waals surface area contributed by atoms with E-state index in [2.05, 4.69) is 32.6 Å². The van der Waals surface area contributed by atoms with Crippen LogP contribution in [0.15, 0.2) is 30.3 Å². The molecule has 2 rings (SSSR count). The average Bonchev–Trinajstić information content (AvgIpc) is 2.20. The quantitative estimate of drug-likeness (QED) is 0.670. The van der Waals surface area contributed by atoms with Crippen molar-refractivity contribution in [1.29, 1.82) is 0 Å². The smallest absolute Gasteiger partial charge is 0.225 e. The van der Waals surface area contributed by atoms with Crippen LogP contribution in [0.25, 0.3) is 0 Å². The van der Waals surface area contributed by atoms with Crippen LogP contribution in [0.3, 0.4) is 0 Å². The molecule has 2 aromatic rings. The summed E-state index contributed by atoms with van der Waals surface area (Å²) in [6.45, 7) is 0. The van der Waals surface area contributed by atoms with E-state index in [0.29, 0.717) is 11.6 Å². The van der Waals surface area contributed by atoms with E-state index in [1.807, 2.05) is 24.3 Å². The van der Waals surface area contributed by atoms with Gasteiger partial charge in [0.15, 0.2) is 0 Å². The second-order valence-corrected chi connectivity index (χ2v) is 4.58. The van der Waals surface area contributed by atoms with Gasteiger partial charge in [0, 0.05) is 9.64 Å². The Hall–Kier alpha value is -1.08. The highest BCUT2D eigenvalue weighted by Gasteiger charge is 2.02. The molecule has 1 aromatic heterocycles. The molecule has 1 heterocycles. The van der Waals surface area contributed by atoms with Crippen molar-refractivity contribution >= 4 is 40.1 Å². The molecule has 0 aliphatic heterocycles. The lowest BCUT2D eigenvalue weighted by atomic mass is 10.3. The third kappa shape index (κ3) is 2.96. The van der Waals surface area contributed by atoms with Crippen LogP contribution >= 0.6 is 34.2 Å². The number of benzene rings is 1. The number of nitrogen functional groups attached to an aromatic ring is 1. The van der Waals surface area contributed by atoms with E-state index < -0.39 is 0 Å². The fourth-order valence-electron chi connectivity index (χ4n) is 1.09. The van der Waals surface area contributed by atoms with E-state index in [9.17, 15) is 0 Å². The monoisotopic (exact) mass is 347 g/mol. The predicted octanol–water partition coefficient (Wildman–Crippen LogP) is 3.11. The van der Waals surface area contributed by atoms with Crippen molar-refractivity contribution in [3.63, 3.8) is 0 Å². The summed E-state index contributed by atoms with van der Waals surface area (Å²) in [4.78, 5) is 7.65. The fraction of sp³-hybridized carbons (Fsp3) is 0. The molecule has 1 aromatic carbocycles. The molecule has 6 heteroatoms. The van der Waals surface area contributed by atoms with Crippen LogP contribution in [0.1, 0.15) is 0 Å². The Balaban J connectivity index is 2.23. The Morgan fingerprint density at radius 1 is 1.19 bits per heavy atom. The summed E-state index contributed by atoms with van der Waals surface area (Å²) in [5.41, 5.74) is 5.45. The molecule has 0 saturated heterocycles. The first-order valence-corrected chi connectivity index (χ1v) is 5.82. The van der Waals surface area contributed by atoms with Crippen molar-refractivity contribution in [2.45, 2.75) is 0 Å². The highest BCUT2D eigenvalue weighted by molar-refractivity contribution is 14.1. The van der Waals surface area contributed by atoms with Gasteiger partial charge in [0.25, 0.3) is 0 Å². The highest BCUT2D eigenvalue weighted by Crippen LogP contribution is 2.22. The number of anilines is 1. The number of nitrogens with two attached hydrogens (primary N) is 1. The zero-order chi connectivity index (χ0) is 11.5. The molecular formula is C10H7ClIN3O. The van der Waals surface area contributed by atoms with Gasteiger partial charge in [-0.15, -0.1) is 0 Å². The SMILES string of the molecule is Nc1nc(Cl)cc(Oc2ccc(I)cc2)n1. The first-order chi connectivity index (χ1) is 7.63. The molecule has 0 atom stereocenters. The first-order valence-electron chi connectivity index (χ1n) is 4.37. The van der Waals surface area contributed by atoms with Gasteiger partial charge in [-0.05, 0) is 46.9 Å². The van der Waals surface area contributed by atoms with Crippen LogP contribution in [0.5, 0.6) is 11.6 Å². The summed E-state index contributed by atoms with van der Waals surface area (Å²) in [6.07, 6.45) is 0. The molecule has 0 saturated carbocycles. The number of hydrogen-bond donors (Lipinski definition) is 1. The van der Waals surface area contributed by atoms with E-state index in [0.717, 1.165) is 3.57 Å². The van der Waals surface area contributed by atoms with Gasteiger partial charge < -0.3 is 10.5 Å². The van der Waals surface area contributed by atoms with Gasteiger partial charge >= 0.3 is 0 Å². The molecule has 4 nitrogen and oxygen atoms in total. The summed E-state index contributed by atoms with van der Waals surface area (Å²) in [7, 11) is 0. The maximum absolute atomic E-state index is 5.73. The lowest BCUT2D eigenvalue weighted by Gasteiger charge is -2.05. The molecule has 16 heavy (non-hydrogen) atoms. The number of hydrogen-bond acceptors (Lipinski definition) is 4. The normalized spacial score (nSPS) is 10.1. The number of aromatic nitrogens is 2.